The first-order valence-electron chi connectivity index (χ1n) is 8.31. The van der Waals surface area contributed by atoms with Gasteiger partial charge in [-0.25, -0.2) is 4.39 Å². The molecule has 1 atom stereocenters. The lowest BCUT2D eigenvalue weighted by Crippen LogP contribution is -2.41. The number of benzene rings is 1. The van der Waals surface area contributed by atoms with E-state index in [0.717, 1.165) is 36.0 Å². The summed E-state index contributed by atoms with van der Waals surface area (Å²) in [5.74, 6) is -0.222. The van der Waals surface area contributed by atoms with E-state index in [1.807, 2.05) is 11.9 Å². The maximum Gasteiger partial charge on any atom is 0.123 e. The molecule has 0 saturated carbocycles. The van der Waals surface area contributed by atoms with Gasteiger partial charge in [0.15, 0.2) is 0 Å². The zero-order valence-electron chi connectivity index (χ0n) is 13.9. The highest BCUT2D eigenvalue weighted by molar-refractivity contribution is 5.84. The number of halogens is 1. The lowest BCUT2D eigenvalue weighted by atomic mass is 10.0. The molecule has 1 aliphatic heterocycles. The fourth-order valence-electron chi connectivity index (χ4n) is 3.45. The van der Waals surface area contributed by atoms with Gasteiger partial charge in [0.05, 0.1) is 12.2 Å². The number of H-pyrrole nitrogens is 1. The third-order valence-electron chi connectivity index (χ3n) is 4.61. The molecule has 2 N–H and O–H groups in total. The molecule has 6 heteroatoms. The SMILES string of the molecule is CN(CCC#N)CC(O)CN1CCc2[nH]c3ccc(F)cc3c2C1. The first-order valence-corrected chi connectivity index (χ1v) is 8.31. The van der Waals surface area contributed by atoms with Crippen LogP contribution in [0.5, 0.6) is 0 Å². The first kappa shape index (κ1) is 16.9. The quantitative estimate of drug-likeness (QED) is 0.849. The average Bonchev–Trinajstić information content (AvgIpc) is 2.90. The highest BCUT2D eigenvalue weighted by Gasteiger charge is 2.22. The highest BCUT2D eigenvalue weighted by atomic mass is 19.1. The van der Waals surface area contributed by atoms with Gasteiger partial charge in [0, 0.05) is 62.2 Å². The van der Waals surface area contributed by atoms with Gasteiger partial charge in [-0.3, -0.25) is 4.90 Å². The minimum absolute atomic E-state index is 0.222. The maximum absolute atomic E-state index is 13.5. The maximum atomic E-state index is 13.5. The van der Waals surface area contributed by atoms with E-state index in [1.165, 1.54) is 11.8 Å². The predicted octanol–water partition coefficient (Wildman–Crippen LogP) is 1.87. The Morgan fingerprint density at radius 3 is 3.12 bits per heavy atom. The Hall–Kier alpha value is -1.94. The summed E-state index contributed by atoms with van der Waals surface area (Å²) in [6.45, 7) is 3.39. The van der Waals surface area contributed by atoms with Gasteiger partial charge in [0.25, 0.3) is 0 Å². The fourth-order valence-corrected chi connectivity index (χ4v) is 3.45. The molecule has 1 aliphatic rings. The van der Waals surface area contributed by atoms with E-state index >= 15 is 0 Å². The van der Waals surface area contributed by atoms with Gasteiger partial charge in [-0.15, -0.1) is 0 Å². The molecule has 0 spiro atoms. The standard InChI is InChI=1S/C18H23FN4O/c1-22(7-2-6-20)10-14(24)11-23-8-5-18-16(12-23)15-9-13(19)3-4-17(15)21-18/h3-4,9,14,21,24H,2,5,7-8,10-12H2,1H3. The van der Waals surface area contributed by atoms with Crippen LogP contribution in [0.2, 0.25) is 0 Å². The molecule has 1 aromatic carbocycles. The van der Waals surface area contributed by atoms with Crippen molar-refractivity contribution in [1.82, 2.24) is 14.8 Å². The summed E-state index contributed by atoms with van der Waals surface area (Å²) in [5, 5.41) is 19.8. The fraction of sp³-hybridized carbons (Fsp3) is 0.500. The number of β-amino-alcohol motifs (C(OH)–C–C–N with tert-alkyl or cyclic N) is 1. The largest absolute Gasteiger partial charge is 0.390 e. The molecule has 0 bridgehead atoms. The number of fused-ring (bicyclic) bond motifs is 3. The zero-order valence-corrected chi connectivity index (χ0v) is 13.9. The zero-order chi connectivity index (χ0) is 17.1. The van der Waals surface area contributed by atoms with E-state index in [-0.39, 0.29) is 5.82 Å². The second-order valence-electron chi connectivity index (χ2n) is 6.58. The second-order valence-corrected chi connectivity index (χ2v) is 6.58. The van der Waals surface area contributed by atoms with Crippen molar-refractivity contribution in [2.75, 3.05) is 33.2 Å². The summed E-state index contributed by atoms with van der Waals surface area (Å²) in [7, 11) is 1.91. The summed E-state index contributed by atoms with van der Waals surface area (Å²) >= 11 is 0. The van der Waals surface area contributed by atoms with E-state index in [2.05, 4.69) is 16.0 Å². The van der Waals surface area contributed by atoms with Crippen LogP contribution < -0.4 is 0 Å². The van der Waals surface area contributed by atoms with Crippen molar-refractivity contribution in [3.8, 4) is 6.07 Å². The molecule has 0 fully saturated rings. The van der Waals surface area contributed by atoms with Crippen LogP contribution in [0.3, 0.4) is 0 Å². The Morgan fingerprint density at radius 2 is 2.33 bits per heavy atom. The summed E-state index contributed by atoms with van der Waals surface area (Å²) < 4.78 is 13.5. The monoisotopic (exact) mass is 330 g/mol. The number of nitrogens with zero attached hydrogens (tertiary/aromatic N) is 3. The number of aromatic nitrogens is 1. The van der Waals surface area contributed by atoms with E-state index in [0.29, 0.717) is 26.1 Å². The van der Waals surface area contributed by atoms with Crippen molar-refractivity contribution < 1.29 is 9.50 Å². The molecular formula is C18H23FN4O. The Balaban J connectivity index is 1.63. The Bertz CT molecular complexity index is 751. The number of rotatable bonds is 6. The Kier molecular flexibility index (Phi) is 5.14. The van der Waals surface area contributed by atoms with Gasteiger partial charge in [-0.05, 0) is 30.8 Å². The van der Waals surface area contributed by atoms with Gasteiger partial charge in [-0.1, -0.05) is 0 Å². The van der Waals surface area contributed by atoms with Crippen LogP contribution in [0.1, 0.15) is 17.7 Å². The van der Waals surface area contributed by atoms with Crippen LogP contribution in [0.15, 0.2) is 18.2 Å². The van der Waals surface area contributed by atoms with Gasteiger partial charge in [0.2, 0.25) is 0 Å². The van der Waals surface area contributed by atoms with Crippen LogP contribution in [0, 0.1) is 17.1 Å². The van der Waals surface area contributed by atoms with Crippen LogP contribution in [0.4, 0.5) is 4.39 Å². The van der Waals surface area contributed by atoms with Crippen molar-refractivity contribution in [3.05, 3.63) is 35.3 Å². The van der Waals surface area contributed by atoms with Crippen LogP contribution in [-0.2, 0) is 13.0 Å². The summed E-state index contributed by atoms with van der Waals surface area (Å²) in [6, 6.07) is 6.96. The van der Waals surface area contributed by atoms with E-state index in [1.54, 1.807) is 12.1 Å². The third-order valence-corrected chi connectivity index (χ3v) is 4.61. The number of nitrogens with one attached hydrogen (secondary N) is 1. The number of hydrogen-bond donors (Lipinski definition) is 2. The molecule has 0 radical (unpaired) electrons. The molecule has 2 heterocycles. The van der Waals surface area contributed by atoms with Crippen molar-refractivity contribution in [1.29, 1.82) is 5.26 Å². The van der Waals surface area contributed by atoms with Gasteiger partial charge >= 0.3 is 0 Å². The average molecular weight is 330 g/mol. The van der Waals surface area contributed by atoms with Crippen LogP contribution in [-0.4, -0.2) is 59.2 Å². The number of likely N-dealkylation sites (N-methyl/N-ethyl adjacent to an activating group) is 1. The summed E-state index contributed by atoms with van der Waals surface area (Å²) in [5.41, 5.74) is 3.29. The highest BCUT2D eigenvalue weighted by Crippen LogP contribution is 2.28. The molecule has 3 rings (SSSR count). The summed E-state index contributed by atoms with van der Waals surface area (Å²) in [4.78, 5) is 7.57. The molecule has 0 aliphatic carbocycles. The second kappa shape index (κ2) is 7.31. The topological polar surface area (TPSA) is 66.3 Å². The Morgan fingerprint density at radius 1 is 1.50 bits per heavy atom. The number of aliphatic hydroxyl groups excluding tert-OH is 1. The van der Waals surface area contributed by atoms with E-state index < -0.39 is 6.10 Å². The normalized spacial score (nSPS) is 16.3. The van der Waals surface area contributed by atoms with E-state index in [9.17, 15) is 9.50 Å². The molecule has 2 aromatic rings. The molecule has 0 amide bonds. The molecule has 128 valence electrons. The Labute approximate surface area is 141 Å². The lowest BCUT2D eigenvalue weighted by Gasteiger charge is -2.30. The predicted molar refractivity (Wildman–Crippen MR) is 91.0 cm³/mol. The lowest BCUT2D eigenvalue weighted by molar-refractivity contribution is 0.0774. The van der Waals surface area contributed by atoms with Crippen molar-refractivity contribution in [2.45, 2.75) is 25.5 Å². The summed E-state index contributed by atoms with van der Waals surface area (Å²) in [6.07, 6.45) is 0.886. The van der Waals surface area contributed by atoms with Crippen LogP contribution >= 0.6 is 0 Å². The van der Waals surface area contributed by atoms with E-state index in [4.69, 9.17) is 5.26 Å². The van der Waals surface area contributed by atoms with Crippen molar-refractivity contribution in [3.63, 3.8) is 0 Å². The minimum atomic E-state index is -0.461. The number of nitriles is 1. The molecule has 5 nitrogen and oxygen atoms in total. The molecule has 0 saturated heterocycles. The van der Waals surface area contributed by atoms with Gasteiger partial charge in [0.1, 0.15) is 5.82 Å². The number of aliphatic hydroxyl groups is 1. The number of hydrogen-bond acceptors (Lipinski definition) is 4. The number of aromatic amines is 1. The van der Waals surface area contributed by atoms with Crippen molar-refractivity contribution in [2.24, 2.45) is 0 Å². The first-order chi connectivity index (χ1) is 11.6. The van der Waals surface area contributed by atoms with Gasteiger partial charge < -0.3 is 15.0 Å². The molecule has 1 aromatic heterocycles. The molecule has 1 unspecified atom stereocenters. The molecule has 24 heavy (non-hydrogen) atoms. The van der Waals surface area contributed by atoms with Gasteiger partial charge in [-0.2, -0.15) is 5.26 Å². The smallest absolute Gasteiger partial charge is 0.123 e. The van der Waals surface area contributed by atoms with Crippen LogP contribution in [0.25, 0.3) is 10.9 Å². The van der Waals surface area contributed by atoms with Crippen molar-refractivity contribution >= 4 is 10.9 Å². The molecular weight excluding hydrogens is 307 g/mol. The minimum Gasteiger partial charge on any atom is -0.390 e. The third kappa shape index (κ3) is 3.75.